The molecule has 1 unspecified atom stereocenters. The van der Waals surface area contributed by atoms with Crippen molar-refractivity contribution in [1.29, 1.82) is 0 Å². The van der Waals surface area contributed by atoms with E-state index in [1.165, 1.54) is 32.1 Å². The van der Waals surface area contributed by atoms with Gasteiger partial charge in [-0.2, -0.15) is 0 Å². The normalized spacial score (nSPS) is 18.6. The van der Waals surface area contributed by atoms with Crippen LogP contribution in [0.3, 0.4) is 0 Å². The van der Waals surface area contributed by atoms with Crippen molar-refractivity contribution in [3.63, 3.8) is 0 Å². The zero-order valence-corrected chi connectivity index (χ0v) is 11.3. The summed E-state index contributed by atoms with van der Waals surface area (Å²) in [5.74, 6) is 0. The third-order valence-corrected chi connectivity index (χ3v) is 3.35. The van der Waals surface area contributed by atoms with Crippen LogP contribution in [-0.4, -0.2) is 40.0 Å². The molecule has 1 N–H and O–H groups in total. The van der Waals surface area contributed by atoms with Gasteiger partial charge in [0.15, 0.2) is 0 Å². The second-order valence-electron chi connectivity index (χ2n) is 4.61. The highest BCUT2D eigenvalue weighted by Gasteiger charge is 2.13. The standard InChI is InChI=1S/C14H27NO2/c1-15-14(9-10-17-12-11-16-2)13-7-5-3-4-6-8-13/h7,14-15H,3-6,8-12H2,1-2H3. The number of hydrogen-bond donors (Lipinski definition) is 1. The van der Waals surface area contributed by atoms with Crippen LogP contribution in [-0.2, 0) is 9.47 Å². The first-order valence-electron chi connectivity index (χ1n) is 6.81. The number of allylic oxidation sites excluding steroid dienone is 1. The fourth-order valence-corrected chi connectivity index (χ4v) is 2.32. The van der Waals surface area contributed by atoms with Crippen molar-refractivity contribution in [3.05, 3.63) is 11.6 Å². The molecule has 0 amide bonds. The maximum absolute atomic E-state index is 5.54. The predicted molar refractivity (Wildman–Crippen MR) is 71.3 cm³/mol. The first-order valence-corrected chi connectivity index (χ1v) is 6.81. The van der Waals surface area contributed by atoms with Crippen LogP contribution in [0.2, 0.25) is 0 Å². The maximum Gasteiger partial charge on any atom is 0.0700 e. The second kappa shape index (κ2) is 9.63. The highest BCUT2D eigenvalue weighted by atomic mass is 16.5. The van der Waals surface area contributed by atoms with Crippen LogP contribution in [0, 0.1) is 0 Å². The van der Waals surface area contributed by atoms with Crippen molar-refractivity contribution in [2.24, 2.45) is 0 Å². The Morgan fingerprint density at radius 3 is 2.88 bits per heavy atom. The minimum atomic E-state index is 0.496. The summed E-state index contributed by atoms with van der Waals surface area (Å²) in [6.45, 7) is 2.20. The number of ether oxygens (including phenoxy) is 2. The van der Waals surface area contributed by atoms with E-state index in [0.29, 0.717) is 19.3 Å². The molecule has 1 rings (SSSR count). The molecule has 0 aromatic rings. The molecule has 0 aromatic carbocycles. The van der Waals surface area contributed by atoms with E-state index in [4.69, 9.17) is 9.47 Å². The molecule has 3 heteroatoms. The monoisotopic (exact) mass is 241 g/mol. The van der Waals surface area contributed by atoms with Crippen LogP contribution < -0.4 is 5.32 Å². The minimum absolute atomic E-state index is 0.496. The Kier molecular flexibility index (Phi) is 8.32. The van der Waals surface area contributed by atoms with Crippen molar-refractivity contribution < 1.29 is 9.47 Å². The molecule has 0 aliphatic heterocycles. The molecular formula is C14H27NO2. The van der Waals surface area contributed by atoms with Crippen molar-refractivity contribution in [3.8, 4) is 0 Å². The van der Waals surface area contributed by atoms with Crippen molar-refractivity contribution >= 4 is 0 Å². The SMILES string of the molecule is CNC(CCOCCOC)C1=CCCCCC1. The quantitative estimate of drug-likeness (QED) is 0.523. The summed E-state index contributed by atoms with van der Waals surface area (Å²) in [5, 5.41) is 3.41. The smallest absolute Gasteiger partial charge is 0.0700 e. The number of rotatable bonds is 8. The molecule has 0 saturated heterocycles. The molecule has 100 valence electrons. The summed E-state index contributed by atoms with van der Waals surface area (Å²) in [5.41, 5.74) is 1.58. The number of hydrogen-bond acceptors (Lipinski definition) is 3. The Bertz CT molecular complexity index is 216. The Hall–Kier alpha value is -0.380. The topological polar surface area (TPSA) is 30.5 Å². The van der Waals surface area contributed by atoms with E-state index in [0.717, 1.165) is 13.0 Å². The summed E-state index contributed by atoms with van der Waals surface area (Å²) in [4.78, 5) is 0. The molecule has 1 aliphatic carbocycles. The van der Waals surface area contributed by atoms with Crippen LogP contribution in [0.1, 0.15) is 38.5 Å². The van der Waals surface area contributed by atoms with Gasteiger partial charge in [0, 0.05) is 19.8 Å². The van der Waals surface area contributed by atoms with E-state index in [2.05, 4.69) is 11.4 Å². The molecule has 0 bridgehead atoms. The van der Waals surface area contributed by atoms with E-state index in [-0.39, 0.29) is 0 Å². The Labute approximate surface area is 106 Å². The van der Waals surface area contributed by atoms with Gasteiger partial charge in [0.1, 0.15) is 0 Å². The summed E-state index contributed by atoms with van der Waals surface area (Å²) in [6.07, 6.45) is 10.1. The lowest BCUT2D eigenvalue weighted by Gasteiger charge is -2.19. The first kappa shape index (κ1) is 14.7. The Morgan fingerprint density at radius 2 is 2.12 bits per heavy atom. The van der Waals surface area contributed by atoms with Gasteiger partial charge < -0.3 is 14.8 Å². The molecular weight excluding hydrogens is 214 g/mol. The van der Waals surface area contributed by atoms with E-state index in [1.807, 2.05) is 7.05 Å². The summed E-state index contributed by atoms with van der Waals surface area (Å²) in [6, 6.07) is 0.496. The number of nitrogens with one attached hydrogen (secondary N) is 1. The minimum Gasteiger partial charge on any atom is -0.382 e. The van der Waals surface area contributed by atoms with Crippen LogP contribution in [0.15, 0.2) is 11.6 Å². The average molecular weight is 241 g/mol. The predicted octanol–water partition coefficient (Wildman–Crippen LogP) is 2.52. The molecule has 0 heterocycles. The van der Waals surface area contributed by atoms with Crippen LogP contribution in [0.25, 0.3) is 0 Å². The molecule has 1 atom stereocenters. The van der Waals surface area contributed by atoms with E-state index in [1.54, 1.807) is 12.7 Å². The third kappa shape index (κ3) is 6.20. The number of methoxy groups -OCH3 is 1. The van der Waals surface area contributed by atoms with Gasteiger partial charge >= 0.3 is 0 Å². The molecule has 0 aromatic heterocycles. The van der Waals surface area contributed by atoms with Gasteiger partial charge in [-0.1, -0.05) is 18.1 Å². The average Bonchev–Trinajstić information content (AvgIpc) is 2.63. The lowest BCUT2D eigenvalue weighted by Crippen LogP contribution is -2.29. The molecule has 17 heavy (non-hydrogen) atoms. The van der Waals surface area contributed by atoms with Gasteiger partial charge in [0.25, 0.3) is 0 Å². The molecule has 0 spiro atoms. The maximum atomic E-state index is 5.54. The molecule has 0 fully saturated rings. The van der Waals surface area contributed by atoms with Crippen LogP contribution >= 0.6 is 0 Å². The molecule has 1 aliphatic rings. The molecule has 0 radical (unpaired) electrons. The van der Waals surface area contributed by atoms with Gasteiger partial charge in [-0.15, -0.1) is 0 Å². The summed E-state index contributed by atoms with van der Waals surface area (Å²) in [7, 11) is 3.75. The largest absolute Gasteiger partial charge is 0.382 e. The third-order valence-electron chi connectivity index (χ3n) is 3.35. The van der Waals surface area contributed by atoms with Crippen LogP contribution in [0.4, 0.5) is 0 Å². The molecule has 3 nitrogen and oxygen atoms in total. The van der Waals surface area contributed by atoms with Gasteiger partial charge in [-0.3, -0.25) is 0 Å². The summed E-state index contributed by atoms with van der Waals surface area (Å²) >= 11 is 0. The van der Waals surface area contributed by atoms with Gasteiger partial charge in [-0.05, 0) is 39.2 Å². The van der Waals surface area contributed by atoms with Crippen molar-refractivity contribution in [2.45, 2.75) is 44.6 Å². The lowest BCUT2D eigenvalue weighted by molar-refractivity contribution is 0.0672. The molecule has 0 saturated carbocycles. The Balaban J connectivity index is 2.24. The van der Waals surface area contributed by atoms with E-state index < -0.39 is 0 Å². The highest BCUT2D eigenvalue weighted by molar-refractivity contribution is 5.11. The second-order valence-corrected chi connectivity index (χ2v) is 4.61. The first-order chi connectivity index (χ1) is 8.38. The lowest BCUT2D eigenvalue weighted by atomic mass is 10.00. The number of likely N-dealkylation sites (N-methyl/N-ethyl adjacent to an activating group) is 1. The summed E-state index contributed by atoms with van der Waals surface area (Å²) < 4.78 is 10.5. The zero-order chi connectivity index (χ0) is 12.3. The highest BCUT2D eigenvalue weighted by Crippen LogP contribution is 2.21. The van der Waals surface area contributed by atoms with Crippen molar-refractivity contribution in [1.82, 2.24) is 5.32 Å². The van der Waals surface area contributed by atoms with Crippen molar-refractivity contribution in [2.75, 3.05) is 34.0 Å². The zero-order valence-electron chi connectivity index (χ0n) is 11.3. The van der Waals surface area contributed by atoms with Gasteiger partial charge in [0.05, 0.1) is 13.2 Å². The fraction of sp³-hybridized carbons (Fsp3) is 0.857. The fourth-order valence-electron chi connectivity index (χ4n) is 2.32. The van der Waals surface area contributed by atoms with Crippen LogP contribution in [0.5, 0.6) is 0 Å². The van der Waals surface area contributed by atoms with Gasteiger partial charge in [-0.25, -0.2) is 0 Å². The Morgan fingerprint density at radius 1 is 1.24 bits per heavy atom. The van der Waals surface area contributed by atoms with E-state index >= 15 is 0 Å². The van der Waals surface area contributed by atoms with E-state index in [9.17, 15) is 0 Å². The van der Waals surface area contributed by atoms with Gasteiger partial charge in [0.2, 0.25) is 0 Å².